The van der Waals surface area contributed by atoms with Crippen molar-refractivity contribution in [2.24, 2.45) is 41.4 Å². The van der Waals surface area contributed by atoms with Crippen LogP contribution in [0.3, 0.4) is 0 Å². The van der Waals surface area contributed by atoms with E-state index in [9.17, 15) is 163 Å². The highest BCUT2D eigenvalue weighted by Crippen LogP contribution is 2.45. The lowest BCUT2D eigenvalue weighted by Crippen LogP contribution is -2.68. The Kier molecular flexibility index (Phi) is 47.7. The van der Waals surface area contributed by atoms with Crippen LogP contribution in [0.2, 0.25) is 0 Å². The molecule has 12 fully saturated rings. The second-order valence-electron chi connectivity index (χ2n) is 39.1. The zero-order valence-corrected chi connectivity index (χ0v) is 80.9. The summed E-state index contributed by atoms with van der Waals surface area (Å²) in [5, 5.41) is 359. The third kappa shape index (κ3) is 28.0. The van der Waals surface area contributed by atoms with E-state index in [0.717, 1.165) is 0 Å². The molecule has 146 heavy (non-hydrogen) atoms. The SMILES string of the molecule is CC(C)[C@@H]1OC(CO[C@@H]2O[C@@H](C)[C@@H](O)C(O)C2O)[C@@H](O[C@@H]2OC(CO)[C@@H](O[C@@H]3OC(CO[C@H]4OC(CO)[C@@H](O)[C@H](O)C4O[C@@H]4OC(CO)[C@@H](O[C@@H]5OC(CO)[C@H](O)[C@H](O[C@@H]6C[C@@H](O)[C@@H](C)C([C@H](O)[C@H](O)CO)O6)C5O)[C@H](O)C4C)[C@@H](O)[C@H](O[C@H]4O[C@@H](CO)[C@@H](O)C(O)C4O[C@@H]4OC(CO)[C@@H](O[C@@H]5OC(CO)[C@H](O)[C@H](O[C@@H]6C[C@@H](O)[C@@H](C)C([C@H](O)[C@H](O)CO)O6)C5O)[C@H](O)C4C)C3O)[C@H](O)C2C)[C@H](O)C1C.O=C=O.O=C=O. The van der Waals surface area contributed by atoms with E-state index in [1.807, 2.05) is 13.8 Å². The van der Waals surface area contributed by atoms with Gasteiger partial charge in [0.1, 0.15) is 214 Å². The summed E-state index contributed by atoms with van der Waals surface area (Å²) in [5.74, 6) is -6.86. The van der Waals surface area contributed by atoms with Gasteiger partial charge in [0.2, 0.25) is 0 Å². The van der Waals surface area contributed by atoms with Gasteiger partial charge in [0, 0.05) is 48.3 Å². The maximum absolute atomic E-state index is 12.8. The van der Waals surface area contributed by atoms with Crippen molar-refractivity contribution in [3.05, 3.63) is 0 Å². The highest BCUT2D eigenvalue weighted by Gasteiger charge is 2.62. The zero-order chi connectivity index (χ0) is 108. The molecule has 22 unspecified atom stereocenters. The van der Waals surface area contributed by atoms with Crippen LogP contribution in [0.25, 0.3) is 0 Å². The Bertz CT molecular complexity index is 3840. The van der Waals surface area contributed by atoms with Crippen LogP contribution < -0.4 is 0 Å². The molecule has 59 heteroatoms. The molecule has 0 spiro atoms. The number of hydrogen-bond acceptors (Lipinski definition) is 59. The summed E-state index contributed by atoms with van der Waals surface area (Å²) in [4.78, 5) is 32.5. The Hall–Kier alpha value is -3.44. The van der Waals surface area contributed by atoms with Gasteiger partial charge in [-0.3, -0.25) is 0 Å². The highest BCUT2D eigenvalue weighted by atomic mass is 16.8. The van der Waals surface area contributed by atoms with Gasteiger partial charge in [-0.05, 0) is 12.8 Å². The molecule has 32 N–H and O–H groups in total. The molecule has 59 nitrogen and oxygen atoms in total. The van der Waals surface area contributed by atoms with Crippen LogP contribution in [-0.4, -0.2) is 592 Å². The average Bonchev–Trinajstić information content (AvgIpc) is 0.773. The van der Waals surface area contributed by atoms with Gasteiger partial charge in [-0.1, -0.05) is 55.4 Å². The molecule has 0 saturated carbocycles. The van der Waals surface area contributed by atoms with E-state index < -0.39 is 452 Å². The maximum atomic E-state index is 12.8. The monoisotopic (exact) mass is 2140 g/mol. The van der Waals surface area contributed by atoms with Gasteiger partial charge in [-0.25, -0.2) is 0 Å². The van der Waals surface area contributed by atoms with Crippen LogP contribution in [0.4, 0.5) is 0 Å². The molecule has 0 aromatic rings. The molecular weight excluding hydrogens is 1990 g/mol. The van der Waals surface area contributed by atoms with Gasteiger partial charge in [-0.15, -0.1) is 0 Å². The summed E-state index contributed by atoms with van der Waals surface area (Å²) in [7, 11) is 0. The summed E-state index contributed by atoms with van der Waals surface area (Å²) >= 11 is 0. The number of aliphatic hydroxyl groups is 32. The summed E-state index contributed by atoms with van der Waals surface area (Å²) in [6.45, 7) is 2.83. The number of ether oxygens (including phenoxy) is 23. The van der Waals surface area contributed by atoms with Crippen LogP contribution >= 0.6 is 0 Å². The van der Waals surface area contributed by atoms with Crippen molar-refractivity contribution >= 4 is 12.3 Å². The van der Waals surface area contributed by atoms with Gasteiger partial charge >= 0.3 is 12.3 Å². The molecule has 12 rings (SSSR count). The highest BCUT2D eigenvalue weighted by molar-refractivity contribution is 5.20. The molecule has 850 valence electrons. The minimum Gasteiger partial charge on any atom is -0.394 e. The van der Waals surface area contributed by atoms with Crippen molar-refractivity contribution in [1.29, 1.82) is 0 Å². The van der Waals surface area contributed by atoms with Gasteiger partial charge in [0.15, 0.2) is 69.2 Å². The molecule has 0 aliphatic carbocycles. The third-order valence-corrected chi connectivity index (χ3v) is 29.0. The fraction of sp³-hybridized carbons (Fsp3) is 0.977. The predicted molar refractivity (Wildman–Crippen MR) is 456 cm³/mol. The Balaban J connectivity index is 0.00000355. The van der Waals surface area contributed by atoms with E-state index >= 15 is 0 Å². The predicted octanol–water partition coefficient (Wildman–Crippen LogP) is -18.4. The summed E-state index contributed by atoms with van der Waals surface area (Å²) in [6.07, 6.45) is -101. The largest absolute Gasteiger partial charge is 0.394 e. The van der Waals surface area contributed by atoms with Crippen LogP contribution in [0.5, 0.6) is 0 Å². The molecular formula is C87H148O59. The van der Waals surface area contributed by atoms with Crippen molar-refractivity contribution in [3.63, 3.8) is 0 Å². The van der Waals surface area contributed by atoms with Crippen molar-refractivity contribution in [3.8, 4) is 0 Å². The molecule has 12 aliphatic rings. The Morgan fingerprint density at radius 1 is 0.247 bits per heavy atom. The van der Waals surface area contributed by atoms with Crippen LogP contribution in [-0.2, 0) is 128 Å². The Morgan fingerprint density at radius 2 is 0.534 bits per heavy atom. The third-order valence-electron chi connectivity index (χ3n) is 29.0. The minimum absolute atomic E-state index is 0.245. The molecule has 0 radical (unpaired) electrons. The molecule has 12 saturated heterocycles. The molecule has 12 aliphatic heterocycles. The number of rotatable bonds is 38. The summed E-state index contributed by atoms with van der Waals surface area (Å²) in [6, 6.07) is 0. The van der Waals surface area contributed by atoms with Gasteiger partial charge in [0.05, 0.1) is 134 Å². The lowest BCUT2D eigenvalue weighted by atomic mass is 9.83. The summed E-state index contributed by atoms with van der Waals surface area (Å²) < 4.78 is 141. The standard InChI is InChI=1S/C85H148O55.2CO2/c1-23(2)65-26(5)46(99)71(43(121-65)22-118-80-61(114)58(111)50(103)30(9)120-80)134-77-27(6)47(100)70(39(18-92)126-77)137-83-64(117)74(138-85-76(60(113)54(107)36(15-89)125-85)140-79-29(8)49(102)69(41(20-94)128-79)136-82-63(116)73(56(109)38(17-91)123-82)133-45-11-32(96)25(4)67(131-45)52(105)34(98)13-87)57(110)42(129-83)21-119-84-75(59(112)53(106)35(14-88)124-84)139-78-28(7)48(101)68(40(19-93)127-78)135-81-62(115)72(55(108)37(16-90)122-81)132-44-10-31(95)24(3)66(130-44)51(104)33(97)12-86;2*2-1-3/h23-117H,10-22H2,1-9H3;;/t24-,25-,26?,27?,28?,29?,30+,31-,32-,33-,34-,35?,36+,37?,38?,39?,40?,41?,42?,43?,44-,45-,46-,47-,48-,49-,50-,51-,52-,53-,54-,55+,56+,57-,58?,59+,60?,61?,62?,63?,64?,65+,66?,67?,68-,69-,70-,71-,72+,73+,74+,75?,76?,77+,78+,79+,80-,81+,82+,83+,84+,85-;;/m1../s1. The van der Waals surface area contributed by atoms with E-state index in [2.05, 4.69) is 0 Å². The van der Waals surface area contributed by atoms with Crippen LogP contribution in [0.1, 0.15) is 75.2 Å². The van der Waals surface area contributed by atoms with Crippen LogP contribution in [0.15, 0.2) is 0 Å². The molecule has 62 atom stereocenters. The second-order valence-corrected chi connectivity index (χ2v) is 39.1. The minimum atomic E-state index is -2.45. The van der Waals surface area contributed by atoms with E-state index in [4.69, 9.17) is 128 Å². The Morgan fingerprint density at radius 3 is 0.904 bits per heavy atom. The fourth-order valence-corrected chi connectivity index (χ4v) is 19.9. The first-order valence-corrected chi connectivity index (χ1v) is 48.2. The van der Waals surface area contributed by atoms with Gasteiger partial charge < -0.3 is 272 Å². The normalized spacial score (nSPS) is 49.6. The van der Waals surface area contributed by atoms with E-state index in [0.29, 0.717) is 0 Å². The smallest absolute Gasteiger partial charge is 0.373 e. The molecule has 12 heterocycles. The maximum Gasteiger partial charge on any atom is 0.373 e. The van der Waals surface area contributed by atoms with Crippen molar-refractivity contribution in [2.75, 3.05) is 72.7 Å². The number of aliphatic hydroxyl groups excluding tert-OH is 32. The lowest BCUT2D eigenvalue weighted by molar-refractivity contribution is -0.403. The lowest BCUT2D eigenvalue weighted by Gasteiger charge is -2.51. The topological polar surface area (TPSA) is 928 Å². The van der Waals surface area contributed by atoms with E-state index in [-0.39, 0.29) is 31.1 Å². The van der Waals surface area contributed by atoms with E-state index in [1.54, 1.807) is 6.92 Å². The van der Waals surface area contributed by atoms with Crippen LogP contribution in [0, 0.1) is 41.4 Å². The first-order chi connectivity index (χ1) is 69.1. The molecule has 0 aromatic heterocycles. The zero-order valence-electron chi connectivity index (χ0n) is 80.9. The summed E-state index contributed by atoms with van der Waals surface area (Å²) in [5.41, 5.74) is 0. The van der Waals surface area contributed by atoms with Crippen molar-refractivity contribution < 1.29 is 292 Å². The first kappa shape index (κ1) is 124. The average molecular weight is 2140 g/mol. The number of carbonyl (C=O) groups excluding carboxylic acids is 4. The molecule has 0 amide bonds. The van der Waals surface area contributed by atoms with Gasteiger partial charge in [-0.2, -0.15) is 19.2 Å². The van der Waals surface area contributed by atoms with Gasteiger partial charge in [0.25, 0.3) is 0 Å². The van der Waals surface area contributed by atoms with Crippen molar-refractivity contribution in [2.45, 2.75) is 419 Å². The number of hydrogen-bond donors (Lipinski definition) is 32. The quantitative estimate of drug-likeness (QED) is 0.0273. The second kappa shape index (κ2) is 56.0. The fourth-order valence-electron chi connectivity index (χ4n) is 19.9. The van der Waals surface area contributed by atoms with Crippen molar-refractivity contribution in [1.82, 2.24) is 0 Å². The van der Waals surface area contributed by atoms with E-state index in [1.165, 1.54) is 41.5 Å². The molecule has 0 aromatic carbocycles. The first-order valence-electron chi connectivity index (χ1n) is 48.2. The molecule has 0 bridgehead atoms. The Labute approximate surface area is 834 Å².